The maximum atomic E-state index is 11.0. The summed E-state index contributed by atoms with van der Waals surface area (Å²) in [5, 5.41) is 23.8. The highest BCUT2D eigenvalue weighted by atomic mass is 16.6. The van der Waals surface area contributed by atoms with Crippen LogP contribution in [0.15, 0.2) is 71.9 Å². The van der Waals surface area contributed by atoms with E-state index in [0.717, 1.165) is 22.5 Å². The van der Waals surface area contributed by atoms with Gasteiger partial charge in [-0.05, 0) is 24.1 Å². The van der Waals surface area contributed by atoms with Gasteiger partial charge >= 0.3 is 0 Å². The average Bonchev–Trinajstić information content (AvgIpc) is 2.62. The minimum Gasteiger partial charge on any atom is -0.358 e. The van der Waals surface area contributed by atoms with Gasteiger partial charge in [0.1, 0.15) is 0 Å². The SMILES string of the molecule is CC1=C(C#N)C(c2cccc([N+](=O)[O-])c2)C=C(c2ccccc2)N1. The number of hydrogen-bond acceptors (Lipinski definition) is 4. The Morgan fingerprint density at radius 3 is 2.58 bits per heavy atom. The van der Waals surface area contributed by atoms with Crippen LogP contribution in [0, 0.1) is 21.4 Å². The molecule has 1 atom stereocenters. The monoisotopic (exact) mass is 317 g/mol. The molecule has 1 aliphatic rings. The minimum absolute atomic E-state index is 0.0237. The Morgan fingerprint density at radius 2 is 1.92 bits per heavy atom. The van der Waals surface area contributed by atoms with Crippen LogP contribution in [0.3, 0.4) is 0 Å². The number of nitriles is 1. The first-order valence-corrected chi connectivity index (χ1v) is 7.49. The fourth-order valence-electron chi connectivity index (χ4n) is 2.83. The summed E-state index contributed by atoms with van der Waals surface area (Å²) < 4.78 is 0. The molecule has 5 nitrogen and oxygen atoms in total. The Balaban J connectivity index is 2.10. The molecular weight excluding hydrogens is 302 g/mol. The maximum absolute atomic E-state index is 11.0. The van der Waals surface area contributed by atoms with E-state index in [-0.39, 0.29) is 11.6 Å². The van der Waals surface area contributed by atoms with Gasteiger partial charge in [0.2, 0.25) is 0 Å². The fourth-order valence-corrected chi connectivity index (χ4v) is 2.83. The van der Waals surface area contributed by atoms with Crippen LogP contribution in [0.4, 0.5) is 5.69 Å². The molecule has 0 fully saturated rings. The van der Waals surface area contributed by atoms with Crippen LogP contribution >= 0.6 is 0 Å². The third-order valence-corrected chi connectivity index (χ3v) is 4.02. The molecule has 0 radical (unpaired) electrons. The van der Waals surface area contributed by atoms with Crippen molar-refractivity contribution in [2.45, 2.75) is 12.8 Å². The Morgan fingerprint density at radius 1 is 1.17 bits per heavy atom. The molecule has 1 heterocycles. The van der Waals surface area contributed by atoms with Gasteiger partial charge in [0.25, 0.3) is 5.69 Å². The molecule has 1 aliphatic heterocycles. The topological polar surface area (TPSA) is 79.0 Å². The zero-order valence-corrected chi connectivity index (χ0v) is 13.1. The van der Waals surface area contributed by atoms with Crippen LogP contribution in [0.1, 0.15) is 24.0 Å². The lowest BCUT2D eigenvalue weighted by Gasteiger charge is -2.24. The smallest absolute Gasteiger partial charge is 0.269 e. The third-order valence-electron chi connectivity index (χ3n) is 4.02. The number of nitrogens with zero attached hydrogens (tertiary/aromatic N) is 2. The molecule has 0 amide bonds. The average molecular weight is 317 g/mol. The first kappa shape index (κ1) is 15.5. The molecule has 0 saturated heterocycles. The van der Waals surface area contributed by atoms with Crippen LogP contribution in [0.25, 0.3) is 5.70 Å². The number of benzene rings is 2. The van der Waals surface area contributed by atoms with Crippen molar-refractivity contribution < 1.29 is 4.92 Å². The second-order valence-electron chi connectivity index (χ2n) is 5.55. The summed E-state index contributed by atoms with van der Waals surface area (Å²) >= 11 is 0. The molecule has 0 aliphatic carbocycles. The highest BCUT2D eigenvalue weighted by Crippen LogP contribution is 2.35. The van der Waals surface area contributed by atoms with Crippen molar-refractivity contribution in [1.82, 2.24) is 5.32 Å². The van der Waals surface area contributed by atoms with Crippen molar-refractivity contribution in [3.8, 4) is 6.07 Å². The predicted molar refractivity (Wildman–Crippen MR) is 91.7 cm³/mol. The highest BCUT2D eigenvalue weighted by molar-refractivity contribution is 5.70. The second kappa shape index (κ2) is 6.39. The zero-order chi connectivity index (χ0) is 17.1. The first-order valence-electron chi connectivity index (χ1n) is 7.49. The van der Waals surface area contributed by atoms with Crippen LogP contribution < -0.4 is 5.32 Å². The number of non-ortho nitro benzene ring substituents is 1. The van der Waals surface area contributed by atoms with E-state index in [1.54, 1.807) is 6.07 Å². The Labute approximate surface area is 139 Å². The van der Waals surface area contributed by atoms with Crippen LogP contribution in [-0.4, -0.2) is 4.92 Å². The molecule has 0 saturated carbocycles. The van der Waals surface area contributed by atoms with Gasteiger partial charge in [-0.3, -0.25) is 10.1 Å². The van der Waals surface area contributed by atoms with E-state index in [2.05, 4.69) is 11.4 Å². The minimum atomic E-state index is -0.422. The van der Waals surface area contributed by atoms with Crippen molar-refractivity contribution in [1.29, 1.82) is 5.26 Å². The molecule has 0 aromatic heterocycles. The summed E-state index contributed by atoms with van der Waals surface area (Å²) in [5.74, 6) is -0.314. The maximum Gasteiger partial charge on any atom is 0.269 e. The number of dihydropyridines is 1. The number of allylic oxidation sites excluding steroid dienone is 3. The van der Waals surface area contributed by atoms with Crippen molar-refractivity contribution in [3.63, 3.8) is 0 Å². The van der Waals surface area contributed by atoms with E-state index in [0.29, 0.717) is 5.57 Å². The van der Waals surface area contributed by atoms with Gasteiger partial charge in [-0.2, -0.15) is 5.26 Å². The van der Waals surface area contributed by atoms with Crippen LogP contribution in [0.5, 0.6) is 0 Å². The van der Waals surface area contributed by atoms with Crippen molar-refractivity contribution >= 4 is 11.4 Å². The number of hydrogen-bond donors (Lipinski definition) is 1. The largest absolute Gasteiger partial charge is 0.358 e. The van der Waals surface area contributed by atoms with Crippen molar-refractivity contribution in [3.05, 3.63) is 93.2 Å². The van der Waals surface area contributed by atoms with Gasteiger partial charge in [-0.25, -0.2) is 0 Å². The molecule has 0 spiro atoms. The highest BCUT2D eigenvalue weighted by Gasteiger charge is 2.24. The van der Waals surface area contributed by atoms with E-state index in [9.17, 15) is 15.4 Å². The molecular formula is C19H15N3O2. The van der Waals surface area contributed by atoms with Gasteiger partial charge in [0, 0.05) is 29.4 Å². The second-order valence-corrected chi connectivity index (χ2v) is 5.55. The molecule has 2 aromatic rings. The summed E-state index contributed by atoms with van der Waals surface area (Å²) in [6.07, 6.45) is 1.94. The van der Waals surface area contributed by atoms with E-state index < -0.39 is 4.92 Å². The molecule has 0 bridgehead atoms. The molecule has 24 heavy (non-hydrogen) atoms. The summed E-state index contributed by atoms with van der Waals surface area (Å²) in [5.41, 5.74) is 3.98. The zero-order valence-electron chi connectivity index (χ0n) is 13.1. The van der Waals surface area contributed by atoms with Gasteiger partial charge in [0.15, 0.2) is 0 Å². The van der Waals surface area contributed by atoms with Crippen LogP contribution in [0.2, 0.25) is 0 Å². The Bertz CT molecular complexity index is 892. The summed E-state index contributed by atoms with van der Waals surface area (Å²) in [4.78, 5) is 10.6. The molecule has 1 N–H and O–H groups in total. The molecule has 3 rings (SSSR count). The van der Waals surface area contributed by atoms with E-state index in [1.807, 2.05) is 49.4 Å². The van der Waals surface area contributed by atoms with E-state index in [4.69, 9.17) is 0 Å². The molecule has 1 unspecified atom stereocenters. The van der Waals surface area contributed by atoms with Gasteiger partial charge in [0.05, 0.1) is 16.6 Å². The van der Waals surface area contributed by atoms with Crippen LogP contribution in [-0.2, 0) is 0 Å². The fraction of sp³-hybridized carbons (Fsp3) is 0.105. The lowest BCUT2D eigenvalue weighted by Crippen LogP contribution is -2.20. The Kier molecular flexibility index (Phi) is 4.13. The number of nitro benzene ring substituents is 1. The Hall–Kier alpha value is -3.39. The third kappa shape index (κ3) is 2.90. The van der Waals surface area contributed by atoms with E-state index in [1.165, 1.54) is 12.1 Å². The standard InChI is InChI=1S/C19H15N3O2/c1-13-18(12-20)17(15-8-5-9-16(10-15)22(23)24)11-19(21-13)14-6-3-2-4-7-14/h2-11,17,21H,1H3. The summed E-state index contributed by atoms with van der Waals surface area (Å²) in [6.45, 7) is 1.85. The predicted octanol–water partition coefficient (Wildman–Crippen LogP) is 4.12. The lowest BCUT2D eigenvalue weighted by molar-refractivity contribution is -0.384. The van der Waals surface area contributed by atoms with Gasteiger partial charge in [-0.15, -0.1) is 0 Å². The van der Waals surface area contributed by atoms with Gasteiger partial charge < -0.3 is 5.32 Å². The van der Waals surface area contributed by atoms with Crippen molar-refractivity contribution in [2.75, 3.05) is 0 Å². The number of nitrogens with one attached hydrogen (secondary N) is 1. The lowest BCUT2D eigenvalue weighted by atomic mass is 9.86. The molecule has 2 aromatic carbocycles. The first-order chi connectivity index (χ1) is 11.6. The van der Waals surface area contributed by atoms with Gasteiger partial charge in [-0.1, -0.05) is 42.5 Å². The van der Waals surface area contributed by atoms with E-state index >= 15 is 0 Å². The molecule has 118 valence electrons. The number of nitro groups is 1. The summed E-state index contributed by atoms with van der Waals surface area (Å²) in [7, 11) is 0. The van der Waals surface area contributed by atoms with Crippen molar-refractivity contribution in [2.24, 2.45) is 0 Å². The quantitative estimate of drug-likeness (QED) is 0.682. The molecule has 5 heteroatoms. The summed E-state index contributed by atoms with van der Waals surface area (Å²) in [6, 6.07) is 18.5. The normalized spacial score (nSPS) is 16.8. The number of rotatable bonds is 3.